The van der Waals surface area contributed by atoms with E-state index in [4.69, 9.17) is 19.6 Å². The molecule has 14 heteroatoms. The number of rotatable bonds is 6. The third kappa shape index (κ3) is 5.17. The number of hydrogen-bond donors (Lipinski definition) is 1. The zero-order valence-corrected chi connectivity index (χ0v) is 26.2. The number of aryl methyl sites for hydroxylation is 2. The molecule has 0 saturated carbocycles. The van der Waals surface area contributed by atoms with Gasteiger partial charge in [0.2, 0.25) is 15.9 Å². The van der Waals surface area contributed by atoms with Gasteiger partial charge in [-0.15, -0.1) is 11.3 Å². The summed E-state index contributed by atoms with van der Waals surface area (Å²) in [7, 11) is -3.85. The number of imidazole rings is 1. The highest BCUT2D eigenvalue weighted by atomic mass is 32.2. The van der Waals surface area contributed by atoms with Crippen LogP contribution in [0.4, 0.5) is 14.5 Å². The summed E-state index contributed by atoms with van der Waals surface area (Å²) in [6.07, 6.45) is 1.36. The Hall–Kier alpha value is -4.79. The molecule has 7 rings (SSSR count). The Balaban J connectivity index is 1.40. The van der Waals surface area contributed by atoms with Crippen molar-refractivity contribution in [3.05, 3.63) is 95.0 Å². The summed E-state index contributed by atoms with van der Waals surface area (Å²) < 4.78 is 59.1. The second-order valence-corrected chi connectivity index (χ2v) is 13.5. The van der Waals surface area contributed by atoms with Crippen LogP contribution in [0.2, 0.25) is 0 Å². The molecule has 3 aromatic carbocycles. The first-order chi connectivity index (χ1) is 22.0. The number of benzene rings is 3. The van der Waals surface area contributed by atoms with Crippen molar-refractivity contribution in [1.29, 1.82) is 0 Å². The number of fused-ring (bicyclic) bond motifs is 1. The van der Waals surface area contributed by atoms with E-state index in [0.717, 1.165) is 34.5 Å². The maximum absolute atomic E-state index is 14.4. The molecule has 2 N–H and O–H groups in total. The Morgan fingerprint density at radius 1 is 0.978 bits per heavy atom. The molecule has 234 valence electrons. The maximum Gasteiger partial charge on any atom is 0.238 e. The minimum absolute atomic E-state index is 0.0111. The molecule has 0 unspecified atom stereocenters. The number of thiazole rings is 1. The van der Waals surface area contributed by atoms with Crippen molar-refractivity contribution in [3.8, 4) is 27.5 Å². The lowest BCUT2D eigenvalue weighted by Gasteiger charge is -2.35. The molecule has 46 heavy (non-hydrogen) atoms. The summed E-state index contributed by atoms with van der Waals surface area (Å²) in [6, 6.07) is 14.7. The minimum atomic E-state index is -3.85. The molecule has 6 aromatic rings. The van der Waals surface area contributed by atoms with Crippen LogP contribution in [0.5, 0.6) is 0 Å². The van der Waals surface area contributed by atoms with Crippen molar-refractivity contribution in [1.82, 2.24) is 19.7 Å². The van der Waals surface area contributed by atoms with Gasteiger partial charge in [0, 0.05) is 34.7 Å². The predicted octanol–water partition coefficient (Wildman–Crippen LogP) is 6.60. The number of nitrogens with zero attached hydrogens (tertiary/aromatic N) is 5. The summed E-state index contributed by atoms with van der Waals surface area (Å²) in [6.45, 7) is 3.70. The van der Waals surface area contributed by atoms with E-state index in [1.165, 1.54) is 34.4 Å². The fraction of sp³-hybridized carbons (Fsp3) is 0.188. The highest BCUT2D eigenvalue weighted by Crippen LogP contribution is 2.40. The maximum atomic E-state index is 14.4. The first kappa shape index (κ1) is 29.9. The standard InChI is InChI=1S/C32H26F2N6O4S2/c1-17-30(18(2)44-38-17)20-8-13-27-25(14-20)36-31(28-4-3-5-29(41)39(28)21-9-12-23(33)24(34)15-21)40(27)32-37-26(16-45-32)19-6-10-22(11-7-19)46(35,42)43/h6-16,28H,3-5H2,1-2H3,(H2,35,42,43)/t28-/m0/s1. The summed E-state index contributed by atoms with van der Waals surface area (Å²) in [5.74, 6) is -1.11. The molecule has 10 nitrogen and oxygen atoms in total. The zero-order chi connectivity index (χ0) is 32.3. The number of primary sulfonamides is 1. The number of nitrogens with two attached hydrogens (primary N) is 1. The normalized spacial score (nSPS) is 15.6. The van der Waals surface area contributed by atoms with E-state index in [1.54, 1.807) is 12.1 Å². The first-order valence-electron chi connectivity index (χ1n) is 14.3. The number of piperidine rings is 1. The van der Waals surface area contributed by atoms with Gasteiger partial charge in [0.25, 0.3) is 0 Å². The van der Waals surface area contributed by atoms with Crippen molar-refractivity contribution >= 4 is 44.0 Å². The van der Waals surface area contributed by atoms with Crippen molar-refractivity contribution in [2.75, 3.05) is 4.90 Å². The predicted molar refractivity (Wildman–Crippen MR) is 169 cm³/mol. The number of halogens is 2. The molecule has 1 fully saturated rings. The van der Waals surface area contributed by atoms with Crippen LogP contribution in [0.15, 0.2) is 75.5 Å². The van der Waals surface area contributed by atoms with Crippen LogP contribution in [-0.4, -0.2) is 34.0 Å². The summed E-state index contributed by atoms with van der Waals surface area (Å²) in [5, 5.41) is 11.7. The van der Waals surface area contributed by atoms with Gasteiger partial charge in [-0.3, -0.25) is 9.36 Å². The van der Waals surface area contributed by atoms with Gasteiger partial charge >= 0.3 is 0 Å². The second kappa shape index (κ2) is 11.2. The largest absolute Gasteiger partial charge is 0.361 e. The molecule has 0 radical (unpaired) electrons. The van der Waals surface area contributed by atoms with E-state index < -0.39 is 27.7 Å². The van der Waals surface area contributed by atoms with Crippen molar-refractivity contribution in [3.63, 3.8) is 0 Å². The van der Waals surface area contributed by atoms with Gasteiger partial charge in [-0.1, -0.05) is 23.4 Å². The van der Waals surface area contributed by atoms with Crippen LogP contribution in [0.25, 0.3) is 38.5 Å². The quantitative estimate of drug-likeness (QED) is 0.212. The van der Waals surface area contributed by atoms with Gasteiger partial charge in [0.05, 0.1) is 33.4 Å². The summed E-state index contributed by atoms with van der Waals surface area (Å²) in [5.41, 5.74) is 5.30. The molecule has 1 atom stereocenters. The van der Waals surface area contributed by atoms with E-state index in [2.05, 4.69) is 5.16 Å². The molecule has 1 amide bonds. The Morgan fingerprint density at radius 3 is 2.43 bits per heavy atom. The van der Waals surface area contributed by atoms with Crippen LogP contribution < -0.4 is 10.0 Å². The van der Waals surface area contributed by atoms with Crippen molar-refractivity contribution in [2.45, 2.75) is 44.0 Å². The van der Waals surface area contributed by atoms with E-state index in [9.17, 15) is 22.0 Å². The molecule has 1 aliphatic rings. The number of sulfonamides is 1. The van der Waals surface area contributed by atoms with Crippen molar-refractivity contribution < 1.29 is 26.5 Å². The average molecular weight is 661 g/mol. The van der Waals surface area contributed by atoms with E-state index in [0.29, 0.717) is 46.3 Å². The Kier molecular flexibility index (Phi) is 7.30. The molecule has 3 aromatic heterocycles. The fourth-order valence-electron chi connectivity index (χ4n) is 5.96. The lowest BCUT2D eigenvalue weighted by molar-refractivity contribution is -0.120. The molecule has 0 spiro atoms. The van der Waals surface area contributed by atoms with E-state index in [-0.39, 0.29) is 22.9 Å². The molecule has 1 aliphatic heterocycles. The number of hydrogen-bond acceptors (Lipinski definition) is 8. The second-order valence-electron chi connectivity index (χ2n) is 11.1. The van der Waals surface area contributed by atoms with Gasteiger partial charge in [-0.25, -0.2) is 32.3 Å². The summed E-state index contributed by atoms with van der Waals surface area (Å²) in [4.78, 5) is 24.8. The van der Waals surface area contributed by atoms with Gasteiger partial charge in [0.15, 0.2) is 16.8 Å². The highest BCUT2D eigenvalue weighted by molar-refractivity contribution is 7.89. The van der Waals surface area contributed by atoms with Crippen LogP contribution in [-0.2, 0) is 14.8 Å². The molecule has 4 heterocycles. The SMILES string of the molecule is Cc1noc(C)c1-c1ccc2c(c1)nc([C@@H]1CCCC(=O)N1c1ccc(F)c(F)c1)n2-c1nc(-c2ccc(S(N)(=O)=O)cc2)cs1. The molecule has 0 bridgehead atoms. The van der Waals surface area contributed by atoms with Crippen LogP contribution >= 0.6 is 11.3 Å². The Labute approximate surface area is 266 Å². The highest BCUT2D eigenvalue weighted by Gasteiger charge is 2.35. The molecule has 0 aliphatic carbocycles. The molecule has 1 saturated heterocycles. The van der Waals surface area contributed by atoms with Crippen LogP contribution in [0.3, 0.4) is 0 Å². The lowest BCUT2D eigenvalue weighted by atomic mass is 9.99. The number of carbonyl (C=O) groups is 1. The van der Waals surface area contributed by atoms with Gasteiger partial charge in [-0.05, 0) is 68.7 Å². The monoisotopic (exact) mass is 660 g/mol. The van der Waals surface area contributed by atoms with Crippen LogP contribution in [0, 0.1) is 25.5 Å². The van der Waals surface area contributed by atoms with Crippen LogP contribution in [0.1, 0.15) is 42.6 Å². The Morgan fingerprint density at radius 2 is 1.74 bits per heavy atom. The zero-order valence-electron chi connectivity index (χ0n) is 24.6. The van der Waals surface area contributed by atoms with Crippen molar-refractivity contribution in [2.24, 2.45) is 5.14 Å². The van der Waals surface area contributed by atoms with E-state index >= 15 is 0 Å². The first-order valence-corrected chi connectivity index (χ1v) is 16.7. The van der Waals surface area contributed by atoms with Gasteiger partial charge in [-0.2, -0.15) is 0 Å². The number of carbonyl (C=O) groups excluding carboxylic acids is 1. The fourth-order valence-corrected chi connectivity index (χ4v) is 7.33. The number of anilines is 1. The van der Waals surface area contributed by atoms with Gasteiger partial charge in [0.1, 0.15) is 11.6 Å². The smallest absolute Gasteiger partial charge is 0.238 e. The number of aromatic nitrogens is 4. The minimum Gasteiger partial charge on any atom is -0.361 e. The van der Waals surface area contributed by atoms with E-state index in [1.807, 2.05) is 42.0 Å². The molecular weight excluding hydrogens is 635 g/mol. The number of amides is 1. The average Bonchev–Trinajstić information content (AvgIpc) is 3.74. The summed E-state index contributed by atoms with van der Waals surface area (Å²) >= 11 is 1.34. The van der Waals surface area contributed by atoms with Gasteiger partial charge < -0.3 is 9.42 Å². The third-order valence-corrected chi connectivity index (χ3v) is 9.85. The molecular formula is C32H26F2N6O4S2. The lowest BCUT2D eigenvalue weighted by Crippen LogP contribution is -2.39. The Bertz CT molecular complexity index is 2240. The topological polar surface area (TPSA) is 137 Å². The third-order valence-electron chi connectivity index (χ3n) is 8.09.